The summed E-state index contributed by atoms with van der Waals surface area (Å²) >= 11 is 5.54. The number of ether oxygens (including phenoxy) is 1. The molecule has 96 valence electrons. The molecule has 0 saturated heterocycles. The van der Waals surface area contributed by atoms with E-state index in [1.807, 2.05) is 5.38 Å². The molecule has 0 unspecified atom stereocenters. The number of rotatable bonds is 8. The summed E-state index contributed by atoms with van der Waals surface area (Å²) in [4.78, 5) is 13.0. The Balaban J connectivity index is 2.05. The van der Waals surface area contributed by atoms with Gasteiger partial charge in [-0.2, -0.15) is 0 Å². The minimum Gasteiger partial charge on any atom is -0.462 e. The van der Waals surface area contributed by atoms with Gasteiger partial charge in [-0.1, -0.05) is 39.0 Å². The Bertz CT molecular complexity index is 334. The lowest BCUT2D eigenvalue weighted by Crippen LogP contribution is -2.04. The van der Waals surface area contributed by atoms with Crippen LogP contribution < -0.4 is 0 Å². The van der Waals surface area contributed by atoms with Crippen LogP contribution >= 0.6 is 24.0 Å². The number of unbranched alkanes of at least 4 members (excludes halogenated alkanes) is 5. The molecule has 0 aliphatic rings. The standard InChI is InChI=1S/C13H20O2S2/c1-2-3-4-5-6-7-8-15-13(14)12-9-11(16)10-17-12/h9-10,16H,2-8H2,1H3. The van der Waals surface area contributed by atoms with Gasteiger partial charge in [-0.05, 0) is 12.5 Å². The maximum atomic E-state index is 11.5. The Morgan fingerprint density at radius 2 is 2.00 bits per heavy atom. The second kappa shape index (κ2) is 8.59. The van der Waals surface area contributed by atoms with E-state index in [4.69, 9.17) is 4.74 Å². The summed E-state index contributed by atoms with van der Waals surface area (Å²) in [5, 5.41) is 1.84. The molecule has 0 spiro atoms. The van der Waals surface area contributed by atoms with Crippen LogP contribution in [-0.2, 0) is 4.74 Å². The average Bonchev–Trinajstić information content (AvgIpc) is 2.74. The van der Waals surface area contributed by atoms with Gasteiger partial charge in [-0.15, -0.1) is 24.0 Å². The van der Waals surface area contributed by atoms with Crippen molar-refractivity contribution in [2.24, 2.45) is 0 Å². The molecule has 4 heteroatoms. The Kier molecular flexibility index (Phi) is 7.37. The zero-order valence-electron chi connectivity index (χ0n) is 10.3. The predicted octanol–water partition coefficient (Wildman–Crippen LogP) is 4.55. The molecule has 0 N–H and O–H groups in total. The van der Waals surface area contributed by atoms with Crippen molar-refractivity contribution in [1.82, 2.24) is 0 Å². The van der Waals surface area contributed by atoms with Crippen molar-refractivity contribution in [1.29, 1.82) is 0 Å². The van der Waals surface area contributed by atoms with Crippen LogP contribution in [0.3, 0.4) is 0 Å². The number of thiol groups is 1. The number of hydrogen-bond donors (Lipinski definition) is 1. The van der Waals surface area contributed by atoms with Crippen molar-refractivity contribution < 1.29 is 9.53 Å². The van der Waals surface area contributed by atoms with Gasteiger partial charge in [-0.25, -0.2) is 4.79 Å². The minimum absolute atomic E-state index is 0.219. The van der Waals surface area contributed by atoms with Crippen molar-refractivity contribution in [3.8, 4) is 0 Å². The number of esters is 1. The van der Waals surface area contributed by atoms with Crippen LogP contribution in [0.1, 0.15) is 55.1 Å². The quantitative estimate of drug-likeness (QED) is 0.427. The molecule has 0 aliphatic carbocycles. The molecule has 1 rings (SSSR count). The SMILES string of the molecule is CCCCCCCCOC(=O)c1cc(S)cs1. The summed E-state index contributed by atoms with van der Waals surface area (Å²) in [5.74, 6) is -0.219. The Morgan fingerprint density at radius 3 is 2.65 bits per heavy atom. The second-order valence-corrected chi connectivity index (χ2v) is 5.50. The Labute approximate surface area is 113 Å². The van der Waals surface area contributed by atoms with Gasteiger partial charge in [0.05, 0.1) is 6.61 Å². The third kappa shape index (κ3) is 6.13. The molecular weight excluding hydrogens is 252 g/mol. The van der Waals surface area contributed by atoms with Gasteiger partial charge in [0.25, 0.3) is 0 Å². The fourth-order valence-electron chi connectivity index (χ4n) is 1.55. The van der Waals surface area contributed by atoms with Crippen LogP contribution in [0.25, 0.3) is 0 Å². The van der Waals surface area contributed by atoms with Crippen LogP contribution in [0.4, 0.5) is 0 Å². The van der Waals surface area contributed by atoms with Crippen LogP contribution in [0.2, 0.25) is 0 Å². The molecule has 0 atom stereocenters. The van der Waals surface area contributed by atoms with Gasteiger partial charge in [-0.3, -0.25) is 0 Å². The zero-order valence-corrected chi connectivity index (χ0v) is 12.0. The first-order valence-electron chi connectivity index (χ1n) is 6.18. The molecule has 0 radical (unpaired) electrons. The number of hydrogen-bond acceptors (Lipinski definition) is 4. The highest BCUT2D eigenvalue weighted by Gasteiger charge is 2.08. The molecule has 0 aromatic carbocycles. The van der Waals surface area contributed by atoms with E-state index >= 15 is 0 Å². The summed E-state index contributed by atoms with van der Waals surface area (Å²) in [7, 11) is 0. The highest BCUT2D eigenvalue weighted by Crippen LogP contribution is 2.18. The van der Waals surface area contributed by atoms with E-state index in [9.17, 15) is 4.79 Å². The monoisotopic (exact) mass is 272 g/mol. The third-order valence-electron chi connectivity index (χ3n) is 2.52. The minimum atomic E-state index is -0.219. The van der Waals surface area contributed by atoms with Gasteiger partial charge in [0.15, 0.2) is 0 Å². The molecule has 1 heterocycles. The van der Waals surface area contributed by atoms with Crippen molar-refractivity contribution in [2.75, 3.05) is 6.61 Å². The Morgan fingerprint density at radius 1 is 1.29 bits per heavy atom. The summed E-state index contributed by atoms with van der Waals surface area (Å²) < 4.78 is 5.19. The normalized spacial score (nSPS) is 10.5. The highest BCUT2D eigenvalue weighted by atomic mass is 32.1. The van der Waals surface area contributed by atoms with E-state index in [-0.39, 0.29) is 5.97 Å². The van der Waals surface area contributed by atoms with Gasteiger partial charge >= 0.3 is 5.97 Å². The van der Waals surface area contributed by atoms with E-state index in [0.717, 1.165) is 17.7 Å². The van der Waals surface area contributed by atoms with E-state index in [1.165, 1.54) is 37.0 Å². The molecule has 0 aliphatic heterocycles. The lowest BCUT2D eigenvalue weighted by molar-refractivity contribution is 0.0503. The smallest absolute Gasteiger partial charge is 0.348 e. The fraction of sp³-hybridized carbons (Fsp3) is 0.615. The number of carbonyl (C=O) groups excluding carboxylic acids is 1. The second-order valence-electron chi connectivity index (χ2n) is 4.07. The maximum Gasteiger partial charge on any atom is 0.348 e. The van der Waals surface area contributed by atoms with Crippen LogP contribution in [-0.4, -0.2) is 12.6 Å². The number of carbonyl (C=O) groups is 1. The van der Waals surface area contributed by atoms with E-state index in [1.54, 1.807) is 6.07 Å². The van der Waals surface area contributed by atoms with Gasteiger partial charge in [0.2, 0.25) is 0 Å². The molecular formula is C13H20O2S2. The van der Waals surface area contributed by atoms with Crippen LogP contribution in [0.5, 0.6) is 0 Å². The molecule has 0 amide bonds. The fourth-order valence-corrected chi connectivity index (χ4v) is 2.59. The maximum absolute atomic E-state index is 11.5. The van der Waals surface area contributed by atoms with Crippen molar-refractivity contribution in [3.05, 3.63) is 16.3 Å². The van der Waals surface area contributed by atoms with Crippen LogP contribution in [0.15, 0.2) is 16.3 Å². The molecule has 1 aromatic heterocycles. The molecule has 0 fully saturated rings. The lowest BCUT2D eigenvalue weighted by atomic mass is 10.1. The van der Waals surface area contributed by atoms with E-state index < -0.39 is 0 Å². The zero-order chi connectivity index (χ0) is 12.5. The molecule has 17 heavy (non-hydrogen) atoms. The first-order chi connectivity index (χ1) is 8.24. The lowest BCUT2D eigenvalue weighted by Gasteiger charge is -2.03. The van der Waals surface area contributed by atoms with Gasteiger partial charge in [0.1, 0.15) is 4.88 Å². The van der Waals surface area contributed by atoms with Crippen molar-refractivity contribution in [3.63, 3.8) is 0 Å². The summed E-state index contributed by atoms with van der Waals surface area (Å²) in [6.07, 6.45) is 7.22. The molecule has 2 nitrogen and oxygen atoms in total. The van der Waals surface area contributed by atoms with Crippen molar-refractivity contribution >= 4 is 29.9 Å². The molecule has 1 aromatic rings. The topological polar surface area (TPSA) is 26.3 Å². The summed E-state index contributed by atoms with van der Waals surface area (Å²) in [6, 6.07) is 1.75. The van der Waals surface area contributed by atoms with Crippen LogP contribution in [0, 0.1) is 0 Å². The predicted molar refractivity (Wildman–Crippen MR) is 75.2 cm³/mol. The summed E-state index contributed by atoms with van der Waals surface area (Å²) in [6.45, 7) is 2.74. The van der Waals surface area contributed by atoms with E-state index in [2.05, 4.69) is 19.6 Å². The Hall–Kier alpha value is -0.480. The van der Waals surface area contributed by atoms with Gasteiger partial charge in [0, 0.05) is 10.3 Å². The van der Waals surface area contributed by atoms with Crippen molar-refractivity contribution in [2.45, 2.75) is 50.3 Å². The highest BCUT2D eigenvalue weighted by molar-refractivity contribution is 7.80. The summed E-state index contributed by atoms with van der Waals surface area (Å²) in [5.41, 5.74) is 0. The number of thiophene rings is 1. The van der Waals surface area contributed by atoms with Gasteiger partial charge < -0.3 is 4.74 Å². The largest absolute Gasteiger partial charge is 0.462 e. The third-order valence-corrected chi connectivity index (χ3v) is 3.86. The average molecular weight is 272 g/mol. The first kappa shape index (κ1) is 14.6. The molecule has 0 saturated carbocycles. The first-order valence-corrected chi connectivity index (χ1v) is 7.51. The molecule has 0 bridgehead atoms. The van der Waals surface area contributed by atoms with E-state index in [0.29, 0.717) is 11.5 Å².